The minimum absolute atomic E-state index is 0.118. The van der Waals surface area contributed by atoms with Gasteiger partial charge in [-0.1, -0.05) is 0 Å². The van der Waals surface area contributed by atoms with Crippen LogP contribution in [0.1, 0.15) is 36.2 Å². The predicted octanol–water partition coefficient (Wildman–Crippen LogP) is 1.12. The Hall–Kier alpha value is -2.19. The van der Waals surface area contributed by atoms with Gasteiger partial charge >= 0.3 is 0 Å². The molecule has 2 N–H and O–H groups in total. The van der Waals surface area contributed by atoms with Crippen molar-refractivity contribution in [1.82, 2.24) is 29.5 Å². The lowest BCUT2D eigenvalue weighted by atomic mass is 9.64. The van der Waals surface area contributed by atoms with Gasteiger partial charge in [0.1, 0.15) is 0 Å². The number of nitrogens with one attached hydrogen (secondary N) is 1. The van der Waals surface area contributed by atoms with Crippen LogP contribution in [0.4, 0.5) is 0 Å². The van der Waals surface area contributed by atoms with E-state index in [1.807, 2.05) is 22.8 Å². The number of imidazole rings is 1. The number of aliphatic hydroxyl groups excluding tert-OH is 1. The highest BCUT2D eigenvalue weighted by Crippen LogP contribution is 2.45. The molecule has 2 aromatic rings. The lowest BCUT2D eigenvalue weighted by Gasteiger charge is -2.51. The predicted molar refractivity (Wildman–Crippen MR) is 109 cm³/mol. The molecule has 8 nitrogen and oxygen atoms in total. The highest BCUT2D eigenvalue weighted by atomic mass is 16.3. The molecule has 2 fully saturated rings. The zero-order valence-corrected chi connectivity index (χ0v) is 17.5. The van der Waals surface area contributed by atoms with Gasteiger partial charge in [-0.15, -0.1) is 0 Å². The maximum absolute atomic E-state index is 12.7. The second-order valence-electron chi connectivity index (χ2n) is 8.74. The van der Waals surface area contributed by atoms with Crippen molar-refractivity contribution in [2.75, 3.05) is 32.8 Å². The molecule has 158 valence electrons. The molecule has 0 saturated carbocycles. The molecule has 0 aromatic carbocycles. The Morgan fingerprint density at radius 1 is 1.28 bits per heavy atom. The summed E-state index contributed by atoms with van der Waals surface area (Å²) in [5.74, 6) is 0.274. The van der Waals surface area contributed by atoms with E-state index in [9.17, 15) is 9.90 Å². The number of hydrogen-bond donors (Lipinski definition) is 2. The number of piperidine rings is 2. The number of H-pyrrole nitrogens is 1. The van der Waals surface area contributed by atoms with Crippen molar-refractivity contribution in [2.24, 2.45) is 18.4 Å². The maximum atomic E-state index is 12.7. The molecule has 0 radical (unpaired) electrons. The van der Waals surface area contributed by atoms with Gasteiger partial charge < -0.3 is 15.0 Å². The number of aromatic amines is 1. The summed E-state index contributed by atoms with van der Waals surface area (Å²) in [7, 11) is 1.98. The Bertz CT molecular complexity index is 822. The molecule has 2 aliphatic rings. The van der Waals surface area contributed by atoms with Crippen LogP contribution in [0.15, 0.2) is 18.7 Å². The molecule has 4 heterocycles. The SMILES string of the molecule is Cc1c(CN2CCC3(CC2)CCN(C(=O)Cc2cnc[nH]2)C[C@@H]3CO)cnn1C. The first-order valence-corrected chi connectivity index (χ1v) is 10.6. The third-order valence-corrected chi connectivity index (χ3v) is 7.24. The van der Waals surface area contributed by atoms with E-state index in [0.717, 1.165) is 51.1 Å². The van der Waals surface area contributed by atoms with Gasteiger partial charge in [-0.3, -0.25) is 14.4 Å². The number of nitrogens with zero attached hydrogens (tertiary/aromatic N) is 5. The van der Waals surface area contributed by atoms with Crippen molar-refractivity contribution >= 4 is 5.91 Å². The topological polar surface area (TPSA) is 90.3 Å². The third kappa shape index (κ3) is 4.09. The summed E-state index contributed by atoms with van der Waals surface area (Å²) >= 11 is 0. The Labute approximate surface area is 171 Å². The number of amides is 1. The van der Waals surface area contributed by atoms with Crippen LogP contribution in [0, 0.1) is 18.3 Å². The van der Waals surface area contributed by atoms with Crippen LogP contribution in [-0.2, 0) is 24.8 Å². The largest absolute Gasteiger partial charge is 0.396 e. The average Bonchev–Trinajstić information content (AvgIpc) is 3.35. The first kappa shape index (κ1) is 20.1. The monoisotopic (exact) mass is 400 g/mol. The summed E-state index contributed by atoms with van der Waals surface area (Å²) in [6.07, 6.45) is 8.77. The number of likely N-dealkylation sites (tertiary alicyclic amines) is 2. The van der Waals surface area contributed by atoms with Crippen LogP contribution in [0.2, 0.25) is 0 Å². The average molecular weight is 401 g/mol. The minimum Gasteiger partial charge on any atom is -0.396 e. The number of carbonyl (C=O) groups is 1. The number of aliphatic hydroxyl groups is 1. The van der Waals surface area contributed by atoms with Crippen LogP contribution >= 0.6 is 0 Å². The van der Waals surface area contributed by atoms with Crippen LogP contribution in [0.5, 0.6) is 0 Å². The number of hydrogen-bond acceptors (Lipinski definition) is 5. The molecule has 1 spiro atoms. The van der Waals surface area contributed by atoms with E-state index >= 15 is 0 Å². The molecule has 1 amide bonds. The number of rotatable bonds is 5. The maximum Gasteiger partial charge on any atom is 0.228 e. The van der Waals surface area contributed by atoms with Crippen molar-refractivity contribution in [3.8, 4) is 0 Å². The van der Waals surface area contributed by atoms with Crippen LogP contribution < -0.4 is 0 Å². The van der Waals surface area contributed by atoms with Crippen LogP contribution in [0.3, 0.4) is 0 Å². The lowest BCUT2D eigenvalue weighted by molar-refractivity contribution is -0.137. The van der Waals surface area contributed by atoms with E-state index in [4.69, 9.17) is 0 Å². The Morgan fingerprint density at radius 2 is 2.03 bits per heavy atom. The van der Waals surface area contributed by atoms with Crippen molar-refractivity contribution in [1.29, 1.82) is 0 Å². The smallest absolute Gasteiger partial charge is 0.228 e. The van der Waals surface area contributed by atoms with E-state index in [1.165, 1.54) is 11.3 Å². The number of carbonyl (C=O) groups excluding carboxylic acids is 1. The fourth-order valence-electron chi connectivity index (χ4n) is 5.00. The van der Waals surface area contributed by atoms with E-state index < -0.39 is 0 Å². The van der Waals surface area contributed by atoms with Gasteiger partial charge in [-0.25, -0.2) is 4.98 Å². The molecule has 1 atom stereocenters. The zero-order chi connectivity index (χ0) is 20.4. The van der Waals surface area contributed by atoms with E-state index in [0.29, 0.717) is 13.0 Å². The van der Waals surface area contributed by atoms with Crippen molar-refractivity contribution in [3.05, 3.63) is 35.7 Å². The minimum atomic E-state index is 0.118. The second-order valence-corrected chi connectivity index (χ2v) is 8.74. The fraction of sp³-hybridized carbons (Fsp3) is 0.667. The van der Waals surface area contributed by atoms with Crippen LogP contribution in [0.25, 0.3) is 0 Å². The molecule has 0 unspecified atom stereocenters. The van der Waals surface area contributed by atoms with Gasteiger partial charge in [-0.05, 0) is 44.7 Å². The summed E-state index contributed by atoms with van der Waals surface area (Å²) in [6, 6.07) is 0. The number of aromatic nitrogens is 4. The van der Waals surface area contributed by atoms with Gasteiger partial charge in [0.25, 0.3) is 0 Å². The van der Waals surface area contributed by atoms with E-state index in [1.54, 1.807) is 12.5 Å². The molecule has 0 aliphatic carbocycles. The summed E-state index contributed by atoms with van der Waals surface area (Å²) < 4.78 is 1.93. The molecular weight excluding hydrogens is 368 g/mol. The zero-order valence-electron chi connectivity index (χ0n) is 17.5. The molecule has 2 saturated heterocycles. The summed E-state index contributed by atoms with van der Waals surface area (Å²) in [6.45, 7) is 6.71. The Morgan fingerprint density at radius 3 is 2.66 bits per heavy atom. The normalized spacial score (nSPS) is 22.3. The number of aryl methyl sites for hydroxylation is 1. The molecule has 29 heavy (non-hydrogen) atoms. The lowest BCUT2D eigenvalue weighted by Crippen LogP contribution is -2.54. The highest BCUT2D eigenvalue weighted by Gasteiger charge is 2.45. The molecule has 2 aromatic heterocycles. The first-order valence-electron chi connectivity index (χ1n) is 10.6. The summed E-state index contributed by atoms with van der Waals surface area (Å²) in [5.41, 5.74) is 3.51. The van der Waals surface area contributed by atoms with E-state index in [2.05, 4.69) is 26.9 Å². The molecule has 2 aliphatic heterocycles. The van der Waals surface area contributed by atoms with Gasteiger partial charge in [0.15, 0.2) is 0 Å². The van der Waals surface area contributed by atoms with E-state index in [-0.39, 0.29) is 23.8 Å². The fourth-order valence-corrected chi connectivity index (χ4v) is 5.00. The standard InChI is InChI=1S/C21H32N6O2/c1-16-17(10-24-25(16)2)12-26-6-3-21(4-7-26)5-8-27(13-18(21)14-28)20(29)9-19-11-22-15-23-19/h10-11,15,18,28H,3-9,12-14H2,1-2H3,(H,22,23)/t18-/m1/s1. The highest BCUT2D eigenvalue weighted by molar-refractivity contribution is 5.78. The molecular formula is C21H32N6O2. The molecule has 8 heteroatoms. The van der Waals surface area contributed by atoms with Gasteiger partial charge in [0, 0.05) is 62.4 Å². The molecule has 0 bridgehead atoms. The second kappa shape index (κ2) is 8.28. The van der Waals surface area contributed by atoms with Gasteiger partial charge in [0.05, 0.1) is 18.9 Å². The van der Waals surface area contributed by atoms with Crippen molar-refractivity contribution < 1.29 is 9.90 Å². The quantitative estimate of drug-likeness (QED) is 0.785. The first-order chi connectivity index (χ1) is 14.0. The van der Waals surface area contributed by atoms with Crippen molar-refractivity contribution in [2.45, 2.75) is 39.2 Å². The molecule has 4 rings (SSSR count). The summed E-state index contributed by atoms with van der Waals surface area (Å²) in [4.78, 5) is 24.1. The van der Waals surface area contributed by atoms with Gasteiger partial charge in [0.2, 0.25) is 5.91 Å². The Kier molecular flexibility index (Phi) is 5.74. The third-order valence-electron chi connectivity index (χ3n) is 7.24. The van der Waals surface area contributed by atoms with Crippen LogP contribution in [-0.4, -0.2) is 73.3 Å². The summed E-state index contributed by atoms with van der Waals surface area (Å²) in [5, 5.41) is 14.5. The van der Waals surface area contributed by atoms with Gasteiger partial charge in [-0.2, -0.15) is 5.10 Å². The van der Waals surface area contributed by atoms with Crippen molar-refractivity contribution in [3.63, 3.8) is 0 Å². The Balaban J connectivity index is 1.34.